The predicted molar refractivity (Wildman–Crippen MR) is 72.3 cm³/mol. The van der Waals surface area contributed by atoms with Crippen molar-refractivity contribution in [3.8, 4) is 6.07 Å². The zero-order chi connectivity index (χ0) is 15.4. The van der Waals surface area contributed by atoms with Crippen LogP contribution in [0.2, 0.25) is 0 Å². The number of nitrogens with one attached hydrogen (secondary N) is 1. The molecule has 1 atom stereocenters. The van der Waals surface area contributed by atoms with E-state index in [4.69, 9.17) is 15.5 Å². The van der Waals surface area contributed by atoms with Crippen LogP contribution in [0.15, 0.2) is 29.2 Å². The number of hydrogen-bond acceptors (Lipinski definition) is 5. The SMILES string of the molecule is CC(N)(C#N)CCC(=O)Nc1ccc(S(=O)(=O)O)cc1. The Hall–Kier alpha value is -1.95. The average molecular weight is 297 g/mol. The number of benzene rings is 1. The van der Waals surface area contributed by atoms with Gasteiger partial charge in [0.25, 0.3) is 10.1 Å². The number of nitrogens with two attached hydrogens (primary N) is 1. The van der Waals surface area contributed by atoms with Crippen LogP contribution in [-0.2, 0) is 14.9 Å². The minimum absolute atomic E-state index is 0.0700. The molecule has 0 aliphatic carbocycles. The molecule has 0 bridgehead atoms. The van der Waals surface area contributed by atoms with Crippen molar-refractivity contribution in [2.24, 2.45) is 5.73 Å². The molecule has 1 amide bonds. The molecule has 108 valence electrons. The number of amides is 1. The molecule has 0 saturated carbocycles. The third kappa shape index (κ3) is 4.97. The van der Waals surface area contributed by atoms with Crippen molar-refractivity contribution >= 4 is 21.7 Å². The summed E-state index contributed by atoms with van der Waals surface area (Å²) in [6, 6.07) is 6.94. The molecule has 0 aromatic heterocycles. The Bertz CT molecular complexity index is 630. The van der Waals surface area contributed by atoms with Gasteiger partial charge in [0.15, 0.2) is 0 Å². The van der Waals surface area contributed by atoms with E-state index in [1.165, 1.54) is 31.2 Å². The molecule has 1 unspecified atom stereocenters. The van der Waals surface area contributed by atoms with Crippen LogP contribution in [0.1, 0.15) is 19.8 Å². The Labute approximate surface area is 117 Å². The molecule has 1 rings (SSSR count). The zero-order valence-electron chi connectivity index (χ0n) is 10.8. The number of carbonyl (C=O) groups is 1. The Morgan fingerprint density at radius 2 is 2.00 bits per heavy atom. The van der Waals surface area contributed by atoms with Crippen molar-refractivity contribution in [3.05, 3.63) is 24.3 Å². The molecule has 0 aliphatic heterocycles. The lowest BCUT2D eigenvalue weighted by atomic mass is 9.99. The number of nitriles is 1. The van der Waals surface area contributed by atoms with E-state index in [9.17, 15) is 13.2 Å². The molecule has 20 heavy (non-hydrogen) atoms. The van der Waals surface area contributed by atoms with Crippen molar-refractivity contribution < 1.29 is 17.8 Å². The van der Waals surface area contributed by atoms with E-state index in [-0.39, 0.29) is 23.6 Å². The lowest BCUT2D eigenvalue weighted by molar-refractivity contribution is -0.116. The standard InChI is InChI=1S/C12H15N3O4S/c1-12(14,8-13)7-6-11(16)15-9-2-4-10(5-3-9)20(17,18)19/h2-5H,6-7,14H2,1H3,(H,15,16)(H,17,18,19). The maximum absolute atomic E-state index is 11.6. The summed E-state index contributed by atoms with van der Waals surface area (Å²) < 4.78 is 30.5. The summed E-state index contributed by atoms with van der Waals surface area (Å²) in [5, 5.41) is 11.3. The molecule has 1 aromatic carbocycles. The monoisotopic (exact) mass is 297 g/mol. The van der Waals surface area contributed by atoms with Crippen molar-refractivity contribution in [2.45, 2.75) is 30.2 Å². The minimum Gasteiger partial charge on any atom is -0.326 e. The topological polar surface area (TPSA) is 133 Å². The quantitative estimate of drug-likeness (QED) is 0.691. The predicted octanol–water partition coefficient (Wildman–Crippen LogP) is 0.893. The van der Waals surface area contributed by atoms with Gasteiger partial charge in [0.05, 0.1) is 11.0 Å². The van der Waals surface area contributed by atoms with E-state index in [2.05, 4.69) is 5.32 Å². The highest BCUT2D eigenvalue weighted by Gasteiger charge is 2.18. The first-order chi connectivity index (χ1) is 9.14. The van der Waals surface area contributed by atoms with Crippen LogP contribution in [0.25, 0.3) is 0 Å². The summed E-state index contributed by atoms with van der Waals surface area (Å²) >= 11 is 0. The van der Waals surface area contributed by atoms with Gasteiger partial charge in [-0.05, 0) is 37.6 Å². The lowest BCUT2D eigenvalue weighted by Crippen LogP contribution is -2.35. The molecule has 8 heteroatoms. The van der Waals surface area contributed by atoms with Crippen LogP contribution >= 0.6 is 0 Å². The van der Waals surface area contributed by atoms with Gasteiger partial charge in [-0.25, -0.2) is 0 Å². The molecule has 0 fully saturated rings. The lowest BCUT2D eigenvalue weighted by Gasteiger charge is -2.14. The molecule has 0 aliphatic rings. The van der Waals surface area contributed by atoms with Crippen molar-refractivity contribution in [1.29, 1.82) is 5.26 Å². The molecule has 0 saturated heterocycles. The number of rotatable bonds is 5. The highest BCUT2D eigenvalue weighted by Crippen LogP contribution is 2.15. The first-order valence-electron chi connectivity index (χ1n) is 5.71. The van der Waals surface area contributed by atoms with Crippen LogP contribution in [0.4, 0.5) is 5.69 Å². The number of anilines is 1. The molecule has 4 N–H and O–H groups in total. The summed E-state index contributed by atoms with van der Waals surface area (Å²) in [7, 11) is -4.25. The Kier molecular flexibility index (Phi) is 4.83. The van der Waals surface area contributed by atoms with Gasteiger partial charge in [0, 0.05) is 12.1 Å². The summed E-state index contributed by atoms with van der Waals surface area (Å²) in [6.45, 7) is 1.53. The van der Waals surface area contributed by atoms with Crippen LogP contribution in [0.3, 0.4) is 0 Å². The van der Waals surface area contributed by atoms with Crippen LogP contribution < -0.4 is 11.1 Å². The smallest absolute Gasteiger partial charge is 0.294 e. The zero-order valence-corrected chi connectivity index (χ0v) is 11.6. The fourth-order valence-electron chi connectivity index (χ4n) is 1.36. The fraction of sp³-hybridized carbons (Fsp3) is 0.333. The van der Waals surface area contributed by atoms with Gasteiger partial charge in [-0.3, -0.25) is 9.35 Å². The molecule has 7 nitrogen and oxygen atoms in total. The van der Waals surface area contributed by atoms with Gasteiger partial charge in [-0.15, -0.1) is 0 Å². The second-order valence-electron chi connectivity index (χ2n) is 4.58. The molecule has 0 heterocycles. The third-order valence-corrected chi connectivity index (χ3v) is 3.43. The fourth-order valence-corrected chi connectivity index (χ4v) is 1.84. The molecule has 1 aromatic rings. The van der Waals surface area contributed by atoms with Crippen molar-refractivity contribution in [2.75, 3.05) is 5.32 Å². The van der Waals surface area contributed by atoms with E-state index in [1.54, 1.807) is 0 Å². The minimum atomic E-state index is -4.25. The van der Waals surface area contributed by atoms with Gasteiger partial charge >= 0.3 is 0 Å². The van der Waals surface area contributed by atoms with Crippen LogP contribution in [-0.4, -0.2) is 24.4 Å². The largest absolute Gasteiger partial charge is 0.326 e. The van der Waals surface area contributed by atoms with Crippen LogP contribution in [0.5, 0.6) is 0 Å². The third-order valence-electron chi connectivity index (χ3n) is 2.56. The maximum Gasteiger partial charge on any atom is 0.294 e. The Morgan fingerprint density at radius 3 is 2.45 bits per heavy atom. The second-order valence-corrected chi connectivity index (χ2v) is 6.00. The van der Waals surface area contributed by atoms with E-state index >= 15 is 0 Å². The molecular formula is C12H15N3O4S. The number of nitrogens with zero attached hydrogens (tertiary/aromatic N) is 1. The van der Waals surface area contributed by atoms with Crippen molar-refractivity contribution in [3.63, 3.8) is 0 Å². The second kappa shape index (κ2) is 6.00. The van der Waals surface area contributed by atoms with Gasteiger partial charge in [-0.1, -0.05) is 0 Å². The van der Waals surface area contributed by atoms with Gasteiger partial charge in [0.1, 0.15) is 5.54 Å². The Balaban J connectivity index is 2.62. The van der Waals surface area contributed by atoms with E-state index < -0.39 is 15.7 Å². The van der Waals surface area contributed by atoms with E-state index in [1.807, 2.05) is 6.07 Å². The summed E-state index contributed by atoms with van der Waals surface area (Å²) in [5.41, 5.74) is 4.91. The average Bonchev–Trinajstić information content (AvgIpc) is 2.36. The Morgan fingerprint density at radius 1 is 1.45 bits per heavy atom. The summed E-state index contributed by atoms with van der Waals surface area (Å²) in [4.78, 5) is 11.4. The molecule has 0 radical (unpaired) electrons. The van der Waals surface area contributed by atoms with Gasteiger partial charge in [-0.2, -0.15) is 13.7 Å². The van der Waals surface area contributed by atoms with Gasteiger partial charge in [0.2, 0.25) is 5.91 Å². The first-order valence-corrected chi connectivity index (χ1v) is 7.15. The highest BCUT2D eigenvalue weighted by atomic mass is 32.2. The summed E-state index contributed by atoms with van der Waals surface area (Å²) in [5.74, 6) is -0.337. The number of hydrogen-bond donors (Lipinski definition) is 3. The van der Waals surface area contributed by atoms with E-state index in [0.717, 1.165) is 0 Å². The normalized spacial score (nSPS) is 14.1. The maximum atomic E-state index is 11.6. The molecule has 0 spiro atoms. The number of carbonyl (C=O) groups excluding carboxylic acids is 1. The van der Waals surface area contributed by atoms with Crippen LogP contribution in [0, 0.1) is 11.3 Å². The highest BCUT2D eigenvalue weighted by molar-refractivity contribution is 7.85. The first kappa shape index (κ1) is 16.1. The molecular weight excluding hydrogens is 282 g/mol. The van der Waals surface area contributed by atoms with Crippen molar-refractivity contribution in [1.82, 2.24) is 0 Å². The summed E-state index contributed by atoms with van der Waals surface area (Å²) in [6.07, 6.45) is 0.277. The van der Waals surface area contributed by atoms with Gasteiger partial charge < -0.3 is 11.1 Å². The van der Waals surface area contributed by atoms with E-state index in [0.29, 0.717) is 5.69 Å².